The van der Waals surface area contributed by atoms with Crippen molar-refractivity contribution in [2.24, 2.45) is 0 Å². The number of ether oxygens (including phenoxy) is 1. The third-order valence-electron chi connectivity index (χ3n) is 8.32. The molecule has 6 rings (SSSR count). The fourth-order valence-electron chi connectivity index (χ4n) is 6.17. The highest BCUT2D eigenvalue weighted by Gasteiger charge is 2.51. The fourth-order valence-corrected chi connectivity index (χ4v) is 6.69. The summed E-state index contributed by atoms with van der Waals surface area (Å²) in [5.41, 5.74) is -0.755. The highest BCUT2D eigenvalue weighted by Crippen LogP contribution is 2.43. The number of piperidine rings is 1. The summed E-state index contributed by atoms with van der Waals surface area (Å²) in [6.07, 6.45) is -2.13. The minimum absolute atomic E-state index is 0.0172. The van der Waals surface area contributed by atoms with Crippen LogP contribution in [0.15, 0.2) is 48.7 Å². The lowest BCUT2D eigenvalue weighted by Crippen LogP contribution is -2.50. The second kappa shape index (κ2) is 12.7. The first kappa shape index (κ1) is 33.2. The van der Waals surface area contributed by atoms with E-state index in [0.29, 0.717) is 30.2 Å². The number of carbonyl (C=O) groups is 3. The van der Waals surface area contributed by atoms with Gasteiger partial charge in [0.2, 0.25) is 11.9 Å². The Kier molecular flexibility index (Phi) is 8.80. The van der Waals surface area contributed by atoms with Crippen LogP contribution in [0, 0.1) is 0 Å². The number of alkyl halides is 3. The van der Waals surface area contributed by atoms with Gasteiger partial charge in [-0.2, -0.15) is 5.21 Å². The van der Waals surface area contributed by atoms with Gasteiger partial charge in [-0.3, -0.25) is 19.0 Å². The van der Waals surface area contributed by atoms with Gasteiger partial charge in [0.1, 0.15) is 23.0 Å². The number of likely N-dealkylation sites (tertiary alicyclic amines) is 1. The number of nitrogens with zero attached hydrogens (tertiary/aromatic N) is 7. The zero-order valence-corrected chi connectivity index (χ0v) is 27.0. The minimum atomic E-state index is -4.87. The first-order valence-electron chi connectivity index (χ1n) is 14.8. The van der Waals surface area contributed by atoms with Crippen molar-refractivity contribution < 1.29 is 32.3 Å². The van der Waals surface area contributed by atoms with Gasteiger partial charge in [0, 0.05) is 35.5 Å². The van der Waals surface area contributed by atoms with Gasteiger partial charge in [0.05, 0.1) is 11.9 Å². The van der Waals surface area contributed by atoms with Crippen LogP contribution in [-0.4, -0.2) is 78.3 Å². The van der Waals surface area contributed by atoms with Crippen molar-refractivity contribution >= 4 is 52.6 Å². The summed E-state index contributed by atoms with van der Waals surface area (Å²) in [7, 11) is 0. The van der Waals surface area contributed by atoms with Crippen LogP contribution in [0.1, 0.15) is 54.5 Å². The van der Waals surface area contributed by atoms with Gasteiger partial charge in [-0.25, -0.2) is 9.88 Å². The van der Waals surface area contributed by atoms with Crippen molar-refractivity contribution in [3.05, 3.63) is 75.8 Å². The standard InChI is InChI=1S/C30H28Cl2F3N9O4/c1-16(26(46)42-9-3-4-18(15-42)24-38-40-41-39-24)37-25(45)23-14-36-28-43(21-11-19(31)10-20(32)12-21)27(47)29(2,44(23)28)13-17-5-7-22(8-6-17)48-30(33,34)35/h5-8,10-12,14,16,18H,3-4,9,13,15H2,1-2H3,(H,37,45)(H,38,39,40,41)/t16-,18-,29-/m1/s1. The molecule has 4 heterocycles. The Morgan fingerprint density at radius 3 is 2.52 bits per heavy atom. The summed E-state index contributed by atoms with van der Waals surface area (Å²) in [6, 6.07) is 8.65. The summed E-state index contributed by atoms with van der Waals surface area (Å²) in [6.45, 7) is 4.00. The minimum Gasteiger partial charge on any atom is -0.406 e. The van der Waals surface area contributed by atoms with Gasteiger partial charge >= 0.3 is 6.36 Å². The highest BCUT2D eigenvalue weighted by molar-refractivity contribution is 6.35. The average molecular weight is 707 g/mol. The Hall–Kier alpha value is -4.70. The highest BCUT2D eigenvalue weighted by atomic mass is 35.5. The van der Waals surface area contributed by atoms with E-state index in [0.717, 1.165) is 25.0 Å². The first-order chi connectivity index (χ1) is 22.7. The molecule has 2 N–H and O–H groups in total. The van der Waals surface area contributed by atoms with Gasteiger partial charge in [-0.1, -0.05) is 40.5 Å². The van der Waals surface area contributed by atoms with Crippen LogP contribution >= 0.6 is 23.2 Å². The Bertz CT molecular complexity index is 1830. The number of fused-ring (bicyclic) bond motifs is 1. The molecule has 4 aromatic rings. The molecule has 3 atom stereocenters. The lowest BCUT2D eigenvalue weighted by molar-refractivity contribution is -0.274. The lowest BCUT2D eigenvalue weighted by Gasteiger charge is -2.33. The number of anilines is 2. The Morgan fingerprint density at radius 2 is 1.88 bits per heavy atom. The predicted molar refractivity (Wildman–Crippen MR) is 166 cm³/mol. The Morgan fingerprint density at radius 1 is 1.17 bits per heavy atom. The topological polar surface area (TPSA) is 151 Å². The fraction of sp³-hybridized carbons (Fsp3) is 0.367. The number of rotatable bonds is 8. The van der Waals surface area contributed by atoms with Gasteiger partial charge in [-0.05, 0) is 62.6 Å². The van der Waals surface area contributed by atoms with Crippen LogP contribution in [0.25, 0.3) is 0 Å². The van der Waals surface area contributed by atoms with Crippen LogP contribution in [0.2, 0.25) is 10.0 Å². The summed E-state index contributed by atoms with van der Waals surface area (Å²) in [5.74, 6) is -1.42. The molecular formula is C30H28Cl2F3N9O4. The zero-order valence-electron chi connectivity index (χ0n) is 25.5. The number of hydrogen-bond acceptors (Lipinski definition) is 8. The third kappa shape index (κ3) is 6.54. The molecular weight excluding hydrogens is 678 g/mol. The van der Waals surface area contributed by atoms with E-state index in [-0.39, 0.29) is 39.9 Å². The van der Waals surface area contributed by atoms with Crippen molar-refractivity contribution in [3.63, 3.8) is 0 Å². The Labute approximate surface area is 281 Å². The summed E-state index contributed by atoms with van der Waals surface area (Å²) in [4.78, 5) is 48.9. The van der Waals surface area contributed by atoms with E-state index in [1.807, 2.05) is 0 Å². The van der Waals surface area contributed by atoms with E-state index < -0.39 is 35.5 Å². The van der Waals surface area contributed by atoms with Crippen LogP contribution < -0.4 is 15.0 Å². The van der Waals surface area contributed by atoms with Crippen LogP contribution in [0.3, 0.4) is 0 Å². The van der Waals surface area contributed by atoms with Crippen LogP contribution in [-0.2, 0) is 21.5 Å². The molecule has 252 valence electrons. The Balaban J connectivity index is 1.29. The van der Waals surface area contributed by atoms with Crippen molar-refractivity contribution in [1.29, 1.82) is 0 Å². The molecule has 48 heavy (non-hydrogen) atoms. The van der Waals surface area contributed by atoms with Gasteiger partial charge in [0.25, 0.3) is 11.8 Å². The third-order valence-corrected chi connectivity index (χ3v) is 8.76. The molecule has 2 aromatic carbocycles. The monoisotopic (exact) mass is 705 g/mol. The molecule has 0 unspecified atom stereocenters. The smallest absolute Gasteiger partial charge is 0.406 e. The van der Waals surface area contributed by atoms with E-state index in [9.17, 15) is 27.6 Å². The molecule has 18 heteroatoms. The number of tetrazole rings is 1. The molecule has 2 aliphatic heterocycles. The van der Waals surface area contributed by atoms with Gasteiger partial charge in [0.15, 0.2) is 5.82 Å². The van der Waals surface area contributed by atoms with Crippen molar-refractivity contribution in [2.75, 3.05) is 18.0 Å². The van der Waals surface area contributed by atoms with E-state index in [2.05, 4.69) is 35.7 Å². The summed E-state index contributed by atoms with van der Waals surface area (Å²) < 4.78 is 43.7. The van der Waals surface area contributed by atoms with Gasteiger partial charge < -0.3 is 15.0 Å². The molecule has 0 saturated carbocycles. The second-order valence-electron chi connectivity index (χ2n) is 11.8. The summed E-state index contributed by atoms with van der Waals surface area (Å²) in [5, 5.41) is 17.3. The quantitative estimate of drug-likeness (QED) is 0.266. The first-order valence-corrected chi connectivity index (χ1v) is 15.6. The molecule has 2 aromatic heterocycles. The molecule has 1 saturated heterocycles. The van der Waals surface area contributed by atoms with Crippen molar-refractivity contribution in [2.45, 2.75) is 57.0 Å². The molecule has 0 bridgehead atoms. The predicted octanol–water partition coefficient (Wildman–Crippen LogP) is 4.76. The molecule has 2 aliphatic rings. The molecule has 0 radical (unpaired) electrons. The molecule has 0 spiro atoms. The molecule has 1 fully saturated rings. The maximum atomic E-state index is 14.3. The number of imidazole rings is 1. The number of aromatic nitrogens is 6. The molecule has 0 aliphatic carbocycles. The second-order valence-corrected chi connectivity index (χ2v) is 12.7. The maximum absolute atomic E-state index is 14.3. The molecule has 13 nitrogen and oxygen atoms in total. The van der Waals surface area contributed by atoms with Crippen molar-refractivity contribution in [1.82, 2.24) is 40.4 Å². The number of hydrogen-bond donors (Lipinski definition) is 2. The van der Waals surface area contributed by atoms with E-state index in [4.69, 9.17) is 23.2 Å². The number of H-pyrrole nitrogens is 1. The van der Waals surface area contributed by atoms with E-state index in [1.165, 1.54) is 46.0 Å². The molecule has 3 amide bonds. The zero-order chi connectivity index (χ0) is 34.4. The van der Waals surface area contributed by atoms with Gasteiger partial charge in [-0.15, -0.1) is 23.4 Å². The SMILES string of the molecule is C[C@@H](NC(=O)c1cnc2n1[C@](C)(Cc1ccc(OC(F)(F)F)cc1)C(=O)N2c1cc(Cl)cc(Cl)c1)C(=O)N1CCC[C@@H](c2nn[nH]n2)C1. The number of benzene rings is 2. The largest absolute Gasteiger partial charge is 0.573 e. The number of carbonyl (C=O) groups excluding carboxylic acids is 3. The number of aromatic amines is 1. The van der Waals surface area contributed by atoms with E-state index in [1.54, 1.807) is 18.7 Å². The normalized spacial score (nSPS) is 20.1. The summed E-state index contributed by atoms with van der Waals surface area (Å²) >= 11 is 12.5. The van der Waals surface area contributed by atoms with E-state index >= 15 is 0 Å². The van der Waals surface area contributed by atoms with Crippen LogP contribution in [0.5, 0.6) is 5.75 Å². The lowest BCUT2D eigenvalue weighted by atomic mass is 9.91. The number of amides is 3. The number of halogens is 5. The maximum Gasteiger partial charge on any atom is 0.573 e. The van der Waals surface area contributed by atoms with Crippen LogP contribution in [0.4, 0.5) is 24.8 Å². The van der Waals surface area contributed by atoms with Crippen molar-refractivity contribution in [3.8, 4) is 5.75 Å². The number of nitrogens with one attached hydrogen (secondary N) is 2. The average Bonchev–Trinajstić information content (AvgIpc) is 3.76.